The highest BCUT2D eigenvalue weighted by Gasteiger charge is 2.22. The van der Waals surface area contributed by atoms with E-state index < -0.39 is 0 Å². The van der Waals surface area contributed by atoms with Gasteiger partial charge in [-0.15, -0.1) is 0 Å². The molecule has 2 nitrogen and oxygen atoms in total. The van der Waals surface area contributed by atoms with E-state index in [1.54, 1.807) is 14.2 Å². The van der Waals surface area contributed by atoms with Crippen molar-refractivity contribution in [2.75, 3.05) is 14.2 Å². The molecule has 2 aromatic rings. The standard InChI is InChI=1S/C17H20O2/c1-18-16(13-14-9-5-3-6-10-14)17(19-2)15-11-7-4-8-12-15/h3-12,16-17H,13H2,1-2H3/t16-,17+/m1/s1. The third-order valence-corrected chi connectivity index (χ3v) is 3.30. The molecule has 0 bridgehead atoms. The van der Waals surface area contributed by atoms with Crippen molar-refractivity contribution >= 4 is 0 Å². The van der Waals surface area contributed by atoms with E-state index in [1.807, 2.05) is 36.4 Å². The Morgan fingerprint density at radius 1 is 0.789 bits per heavy atom. The van der Waals surface area contributed by atoms with Crippen LogP contribution in [0.2, 0.25) is 0 Å². The first-order valence-electron chi connectivity index (χ1n) is 6.49. The largest absolute Gasteiger partial charge is 0.378 e. The lowest BCUT2D eigenvalue weighted by Gasteiger charge is -2.25. The molecule has 0 spiro atoms. The van der Waals surface area contributed by atoms with E-state index in [-0.39, 0.29) is 12.2 Å². The fraction of sp³-hybridized carbons (Fsp3) is 0.294. The maximum absolute atomic E-state index is 5.64. The summed E-state index contributed by atoms with van der Waals surface area (Å²) in [5.41, 5.74) is 2.40. The van der Waals surface area contributed by atoms with Crippen molar-refractivity contribution in [3.05, 3.63) is 71.8 Å². The van der Waals surface area contributed by atoms with Crippen LogP contribution in [0.3, 0.4) is 0 Å². The zero-order valence-corrected chi connectivity index (χ0v) is 11.5. The van der Waals surface area contributed by atoms with E-state index >= 15 is 0 Å². The summed E-state index contributed by atoms with van der Waals surface area (Å²) in [7, 11) is 3.47. The summed E-state index contributed by atoms with van der Waals surface area (Å²) in [5.74, 6) is 0. The molecule has 19 heavy (non-hydrogen) atoms. The van der Waals surface area contributed by atoms with Gasteiger partial charge in [-0.25, -0.2) is 0 Å². The molecule has 0 aliphatic heterocycles. The summed E-state index contributed by atoms with van der Waals surface area (Å²) in [6.07, 6.45) is 0.797. The van der Waals surface area contributed by atoms with Crippen molar-refractivity contribution in [3.63, 3.8) is 0 Å². The predicted octanol–water partition coefficient (Wildman–Crippen LogP) is 3.63. The second-order valence-corrected chi connectivity index (χ2v) is 4.53. The number of benzene rings is 2. The third-order valence-electron chi connectivity index (χ3n) is 3.30. The maximum Gasteiger partial charge on any atom is 0.109 e. The van der Waals surface area contributed by atoms with Crippen LogP contribution in [0.25, 0.3) is 0 Å². The van der Waals surface area contributed by atoms with Crippen LogP contribution in [0.1, 0.15) is 17.2 Å². The van der Waals surface area contributed by atoms with E-state index in [1.165, 1.54) is 5.56 Å². The summed E-state index contributed by atoms with van der Waals surface area (Å²) < 4.78 is 11.3. The van der Waals surface area contributed by atoms with Crippen molar-refractivity contribution in [2.24, 2.45) is 0 Å². The van der Waals surface area contributed by atoms with Crippen LogP contribution in [0.15, 0.2) is 60.7 Å². The fourth-order valence-electron chi connectivity index (χ4n) is 2.31. The van der Waals surface area contributed by atoms with Gasteiger partial charge < -0.3 is 9.47 Å². The van der Waals surface area contributed by atoms with Gasteiger partial charge in [0.1, 0.15) is 6.10 Å². The van der Waals surface area contributed by atoms with Crippen LogP contribution in [-0.2, 0) is 15.9 Å². The Morgan fingerprint density at radius 2 is 1.37 bits per heavy atom. The molecule has 2 aromatic carbocycles. The molecule has 0 radical (unpaired) electrons. The van der Waals surface area contributed by atoms with Gasteiger partial charge in [-0.3, -0.25) is 0 Å². The van der Waals surface area contributed by atoms with Gasteiger partial charge in [0.25, 0.3) is 0 Å². The topological polar surface area (TPSA) is 18.5 Å². The molecule has 100 valence electrons. The first kappa shape index (κ1) is 13.8. The minimum atomic E-state index is -0.0496. The minimum absolute atomic E-state index is 0.00907. The molecule has 0 unspecified atom stereocenters. The second-order valence-electron chi connectivity index (χ2n) is 4.53. The number of rotatable bonds is 6. The number of methoxy groups -OCH3 is 2. The van der Waals surface area contributed by atoms with Crippen LogP contribution in [0, 0.1) is 0 Å². The van der Waals surface area contributed by atoms with Gasteiger partial charge in [0.15, 0.2) is 0 Å². The number of hydrogen-bond donors (Lipinski definition) is 0. The summed E-state index contributed by atoms with van der Waals surface area (Å²) in [5, 5.41) is 0. The van der Waals surface area contributed by atoms with E-state index in [4.69, 9.17) is 9.47 Å². The summed E-state index contributed by atoms with van der Waals surface area (Å²) in [6.45, 7) is 0. The molecular weight excluding hydrogens is 236 g/mol. The van der Waals surface area contributed by atoms with E-state index in [2.05, 4.69) is 24.3 Å². The molecule has 2 atom stereocenters. The Bertz CT molecular complexity index is 467. The SMILES string of the molecule is CO[C@H](Cc1ccccc1)[C@@H](OC)c1ccccc1. The average Bonchev–Trinajstić information content (AvgIpc) is 2.49. The summed E-state index contributed by atoms with van der Waals surface area (Å²) >= 11 is 0. The van der Waals surface area contributed by atoms with Gasteiger partial charge in [0, 0.05) is 20.6 Å². The van der Waals surface area contributed by atoms with Gasteiger partial charge >= 0.3 is 0 Å². The van der Waals surface area contributed by atoms with Crippen LogP contribution >= 0.6 is 0 Å². The zero-order valence-electron chi connectivity index (χ0n) is 11.5. The highest BCUT2D eigenvalue weighted by atomic mass is 16.5. The Labute approximate surface area is 115 Å². The van der Waals surface area contributed by atoms with E-state index in [9.17, 15) is 0 Å². The minimum Gasteiger partial charge on any atom is -0.378 e. The van der Waals surface area contributed by atoms with Crippen molar-refractivity contribution in [2.45, 2.75) is 18.6 Å². The van der Waals surface area contributed by atoms with Gasteiger partial charge in [-0.2, -0.15) is 0 Å². The maximum atomic E-state index is 5.64. The Kier molecular flexibility index (Phi) is 5.13. The van der Waals surface area contributed by atoms with E-state index in [0.29, 0.717) is 0 Å². The lowest BCUT2D eigenvalue weighted by atomic mass is 9.98. The lowest BCUT2D eigenvalue weighted by molar-refractivity contribution is -0.0371. The summed E-state index contributed by atoms with van der Waals surface area (Å²) in [4.78, 5) is 0. The van der Waals surface area contributed by atoms with Crippen LogP contribution < -0.4 is 0 Å². The van der Waals surface area contributed by atoms with Crippen LogP contribution in [0.4, 0.5) is 0 Å². The smallest absolute Gasteiger partial charge is 0.109 e. The van der Waals surface area contributed by atoms with Crippen LogP contribution in [0.5, 0.6) is 0 Å². The normalized spacial score (nSPS) is 14.0. The lowest BCUT2D eigenvalue weighted by Crippen LogP contribution is -2.25. The molecule has 0 aromatic heterocycles. The first-order chi connectivity index (χ1) is 9.35. The molecule has 0 saturated carbocycles. The van der Waals surface area contributed by atoms with Crippen molar-refractivity contribution in [1.29, 1.82) is 0 Å². The Morgan fingerprint density at radius 3 is 1.89 bits per heavy atom. The van der Waals surface area contributed by atoms with Crippen molar-refractivity contribution in [3.8, 4) is 0 Å². The quantitative estimate of drug-likeness (QED) is 0.785. The van der Waals surface area contributed by atoms with Gasteiger partial charge in [-0.1, -0.05) is 60.7 Å². The molecule has 0 heterocycles. The summed E-state index contributed by atoms with van der Waals surface area (Å²) in [6, 6.07) is 20.6. The Hall–Kier alpha value is -1.64. The number of ether oxygens (including phenoxy) is 2. The van der Waals surface area contributed by atoms with Gasteiger partial charge in [0.2, 0.25) is 0 Å². The molecule has 0 saturated heterocycles. The Balaban J connectivity index is 2.15. The molecule has 0 N–H and O–H groups in total. The van der Waals surface area contributed by atoms with Gasteiger partial charge in [0.05, 0.1) is 6.10 Å². The molecule has 0 fully saturated rings. The third kappa shape index (κ3) is 3.66. The zero-order chi connectivity index (χ0) is 13.5. The molecule has 0 aliphatic carbocycles. The average molecular weight is 256 g/mol. The highest BCUT2D eigenvalue weighted by Crippen LogP contribution is 2.25. The van der Waals surface area contributed by atoms with E-state index in [0.717, 1.165) is 12.0 Å². The monoisotopic (exact) mass is 256 g/mol. The highest BCUT2D eigenvalue weighted by molar-refractivity contribution is 5.21. The number of hydrogen-bond acceptors (Lipinski definition) is 2. The predicted molar refractivity (Wildman–Crippen MR) is 77.1 cm³/mol. The van der Waals surface area contributed by atoms with Gasteiger partial charge in [-0.05, 0) is 11.1 Å². The first-order valence-corrected chi connectivity index (χ1v) is 6.49. The molecule has 2 rings (SSSR count). The molecule has 0 amide bonds. The molecular formula is C17H20O2. The fourth-order valence-corrected chi connectivity index (χ4v) is 2.31. The molecule has 2 heteroatoms. The van der Waals surface area contributed by atoms with Crippen LogP contribution in [-0.4, -0.2) is 20.3 Å². The molecule has 0 aliphatic rings. The van der Waals surface area contributed by atoms with Crippen molar-refractivity contribution < 1.29 is 9.47 Å². The second kappa shape index (κ2) is 7.07. The van der Waals surface area contributed by atoms with Crippen molar-refractivity contribution in [1.82, 2.24) is 0 Å².